The molecule has 21 heavy (non-hydrogen) atoms. The van der Waals surface area contributed by atoms with Crippen molar-refractivity contribution in [2.24, 2.45) is 0 Å². The Morgan fingerprint density at radius 3 is 2.62 bits per heavy atom. The molecule has 2 aromatic heterocycles. The lowest BCUT2D eigenvalue weighted by atomic mass is 10.2. The van der Waals surface area contributed by atoms with Crippen LogP contribution in [0, 0.1) is 0 Å². The van der Waals surface area contributed by atoms with Crippen LogP contribution in [0.5, 0.6) is 0 Å². The van der Waals surface area contributed by atoms with E-state index in [1.807, 2.05) is 0 Å². The highest BCUT2D eigenvalue weighted by atomic mass is 19.4. The Bertz CT molecular complexity index is 647. The maximum atomic E-state index is 12.6. The molecule has 0 aromatic carbocycles. The average molecular weight is 298 g/mol. The monoisotopic (exact) mass is 298 g/mol. The van der Waals surface area contributed by atoms with E-state index >= 15 is 0 Å². The summed E-state index contributed by atoms with van der Waals surface area (Å²) in [5.41, 5.74) is -1.03. The Morgan fingerprint density at radius 2 is 2.05 bits per heavy atom. The Hall–Kier alpha value is -2.71. The van der Waals surface area contributed by atoms with Crippen molar-refractivity contribution in [3.63, 3.8) is 0 Å². The van der Waals surface area contributed by atoms with Crippen LogP contribution >= 0.6 is 0 Å². The van der Waals surface area contributed by atoms with Gasteiger partial charge in [0.15, 0.2) is 0 Å². The van der Waals surface area contributed by atoms with Gasteiger partial charge in [0.05, 0.1) is 12.2 Å². The number of carboxylic acids is 1. The summed E-state index contributed by atoms with van der Waals surface area (Å²) in [7, 11) is 0. The van der Waals surface area contributed by atoms with Gasteiger partial charge in [-0.3, -0.25) is 0 Å². The molecule has 0 aliphatic carbocycles. The van der Waals surface area contributed by atoms with E-state index in [0.29, 0.717) is 11.8 Å². The highest BCUT2D eigenvalue weighted by Crippen LogP contribution is 2.29. The van der Waals surface area contributed by atoms with E-state index in [1.165, 1.54) is 12.5 Å². The van der Waals surface area contributed by atoms with Crippen molar-refractivity contribution in [1.82, 2.24) is 15.0 Å². The molecule has 0 spiro atoms. The molecule has 0 saturated carbocycles. The second-order valence-corrected chi connectivity index (χ2v) is 3.95. The van der Waals surface area contributed by atoms with Gasteiger partial charge in [-0.15, -0.1) is 0 Å². The lowest BCUT2D eigenvalue weighted by molar-refractivity contribution is -0.141. The van der Waals surface area contributed by atoms with Crippen molar-refractivity contribution >= 4 is 11.8 Å². The van der Waals surface area contributed by atoms with Crippen molar-refractivity contribution in [3.8, 4) is 0 Å². The summed E-state index contributed by atoms with van der Waals surface area (Å²) in [6.45, 7) is 0.0249. The Labute approximate surface area is 116 Å². The number of alkyl halides is 3. The van der Waals surface area contributed by atoms with Crippen LogP contribution in [0.2, 0.25) is 0 Å². The molecule has 0 fully saturated rings. The molecule has 0 saturated heterocycles. The van der Waals surface area contributed by atoms with Crippen molar-refractivity contribution in [2.75, 3.05) is 5.32 Å². The number of nitrogens with one attached hydrogen (secondary N) is 1. The van der Waals surface area contributed by atoms with Crippen LogP contribution in [0.25, 0.3) is 0 Å². The van der Waals surface area contributed by atoms with Gasteiger partial charge in [-0.2, -0.15) is 13.2 Å². The quantitative estimate of drug-likeness (QED) is 0.899. The largest absolute Gasteiger partial charge is 0.478 e. The van der Waals surface area contributed by atoms with Gasteiger partial charge in [0, 0.05) is 6.20 Å². The van der Waals surface area contributed by atoms with Gasteiger partial charge in [0.25, 0.3) is 0 Å². The van der Waals surface area contributed by atoms with Crippen molar-refractivity contribution in [2.45, 2.75) is 12.7 Å². The number of anilines is 1. The van der Waals surface area contributed by atoms with Gasteiger partial charge in [0.1, 0.15) is 23.4 Å². The summed E-state index contributed by atoms with van der Waals surface area (Å²) < 4.78 is 37.8. The third-order valence-electron chi connectivity index (χ3n) is 2.50. The second kappa shape index (κ2) is 5.73. The zero-order chi connectivity index (χ0) is 15.5. The molecule has 110 valence electrons. The molecule has 0 bridgehead atoms. The maximum absolute atomic E-state index is 12.6. The lowest BCUT2D eigenvalue weighted by Gasteiger charge is -2.11. The molecule has 0 amide bonds. The number of carboxylic acid groups (broad SMARTS) is 1. The Morgan fingerprint density at radius 1 is 1.29 bits per heavy atom. The Balaban J connectivity index is 2.29. The SMILES string of the molecule is O=C(O)c1ccc(C(F)(F)F)nc1NCc1ccncn1. The molecule has 0 atom stereocenters. The maximum Gasteiger partial charge on any atom is 0.433 e. The van der Waals surface area contributed by atoms with Crippen LogP contribution in [0.1, 0.15) is 21.7 Å². The molecular weight excluding hydrogens is 289 g/mol. The third-order valence-corrected chi connectivity index (χ3v) is 2.50. The fraction of sp³-hybridized carbons (Fsp3) is 0.167. The smallest absolute Gasteiger partial charge is 0.433 e. The number of pyridine rings is 1. The minimum atomic E-state index is -4.65. The molecule has 0 aliphatic heterocycles. The van der Waals surface area contributed by atoms with Crippen LogP contribution in [0.3, 0.4) is 0 Å². The minimum Gasteiger partial charge on any atom is -0.478 e. The predicted molar refractivity (Wildman–Crippen MR) is 65.6 cm³/mol. The summed E-state index contributed by atoms with van der Waals surface area (Å²) in [4.78, 5) is 21.9. The van der Waals surface area contributed by atoms with E-state index in [0.717, 1.165) is 6.07 Å². The van der Waals surface area contributed by atoms with E-state index < -0.39 is 17.8 Å². The summed E-state index contributed by atoms with van der Waals surface area (Å²) in [5.74, 6) is -1.74. The van der Waals surface area contributed by atoms with E-state index in [-0.39, 0.29) is 17.9 Å². The summed E-state index contributed by atoms with van der Waals surface area (Å²) in [6, 6.07) is 3.03. The van der Waals surface area contributed by atoms with Crippen molar-refractivity contribution in [3.05, 3.63) is 47.7 Å². The summed E-state index contributed by atoms with van der Waals surface area (Å²) >= 11 is 0. The summed E-state index contributed by atoms with van der Waals surface area (Å²) in [5, 5.41) is 11.5. The molecule has 2 rings (SSSR count). The number of halogens is 3. The number of hydrogen-bond donors (Lipinski definition) is 2. The number of rotatable bonds is 4. The van der Waals surface area contributed by atoms with Gasteiger partial charge in [-0.05, 0) is 18.2 Å². The van der Waals surface area contributed by atoms with Gasteiger partial charge in [-0.1, -0.05) is 0 Å². The Kier molecular flexibility index (Phi) is 4.01. The van der Waals surface area contributed by atoms with Crippen LogP contribution in [0.4, 0.5) is 19.0 Å². The standard InChI is InChI=1S/C12H9F3N4O2/c13-12(14,15)9-2-1-8(11(20)21)10(19-9)17-5-7-3-4-16-6-18-7/h1-4,6H,5H2,(H,17,19)(H,20,21). The zero-order valence-corrected chi connectivity index (χ0v) is 10.4. The number of hydrogen-bond acceptors (Lipinski definition) is 5. The second-order valence-electron chi connectivity index (χ2n) is 3.95. The summed E-state index contributed by atoms with van der Waals surface area (Å²) in [6.07, 6.45) is -1.92. The van der Waals surface area contributed by atoms with Gasteiger partial charge in [0.2, 0.25) is 0 Å². The first-order chi connectivity index (χ1) is 9.88. The number of nitrogens with zero attached hydrogens (tertiary/aromatic N) is 3. The van der Waals surface area contributed by atoms with E-state index in [4.69, 9.17) is 5.11 Å². The highest BCUT2D eigenvalue weighted by molar-refractivity contribution is 5.93. The van der Waals surface area contributed by atoms with Gasteiger partial charge in [-0.25, -0.2) is 19.7 Å². The molecule has 9 heteroatoms. The fourth-order valence-corrected chi connectivity index (χ4v) is 1.52. The van der Waals surface area contributed by atoms with E-state index in [9.17, 15) is 18.0 Å². The molecule has 6 nitrogen and oxygen atoms in total. The molecular formula is C12H9F3N4O2. The fourth-order valence-electron chi connectivity index (χ4n) is 1.52. The number of aromatic nitrogens is 3. The molecule has 2 heterocycles. The van der Waals surface area contributed by atoms with E-state index in [2.05, 4.69) is 20.3 Å². The first-order valence-corrected chi connectivity index (χ1v) is 5.68. The highest BCUT2D eigenvalue weighted by Gasteiger charge is 2.33. The number of carbonyl (C=O) groups is 1. The van der Waals surface area contributed by atoms with Crippen LogP contribution < -0.4 is 5.32 Å². The minimum absolute atomic E-state index is 0.0249. The van der Waals surface area contributed by atoms with Crippen molar-refractivity contribution < 1.29 is 23.1 Å². The van der Waals surface area contributed by atoms with Crippen LogP contribution in [-0.2, 0) is 12.7 Å². The molecule has 2 aromatic rings. The molecule has 0 aliphatic rings. The van der Waals surface area contributed by atoms with Crippen molar-refractivity contribution in [1.29, 1.82) is 0 Å². The topological polar surface area (TPSA) is 88.0 Å². The molecule has 2 N–H and O–H groups in total. The van der Waals surface area contributed by atoms with Gasteiger partial charge >= 0.3 is 12.1 Å². The normalized spacial score (nSPS) is 11.2. The first kappa shape index (κ1) is 14.7. The van der Waals surface area contributed by atoms with E-state index in [1.54, 1.807) is 6.07 Å². The predicted octanol–water partition coefficient (Wildman–Crippen LogP) is 2.20. The van der Waals surface area contributed by atoms with Crippen LogP contribution in [0.15, 0.2) is 30.7 Å². The lowest BCUT2D eigenvalue weighted by Crippen LogP contribution is -2.14. The zero-order valence-electron chi connectivity index (χ0n) is 10.4. The average Bonchev–Trinajstić information content (AvgIpc) is 2.45. The van der Waals surface area contributed by atoms with Crippen LogP contribution in [-0.4, -0.2) is 26.0 Å². The van der Waals surface area contributed by atoms with Gasteiger partial charge < -0.3 is 10.4 Å². The third kappa shape index (κ3) is 3.65. The molecule has 0 unspecified atom stereocenters. The first-order valence-electron chi connectivity index (χ1n) is 5.68. The number of aromatic carboxylic acids is 1. The molecule has 0 radical (unpaired) electrons.